The number of aromatic carboxylic acids is 1. The Morgan fingerprint density at radius 3 is 2.67 bits per heavy atom. The zero-order valence-corrected chi connectivity index (χ0v) is 11.6. The Morgan fingerprint density at radius 1 is 1.56 bits per heavy atom. The highest BCUT2D eigenvalue weighted by Gasteiger charge is 2.24. The van der Waals surface area contributed by atoms with E-state index in [1.807, 2.05) is 0 Å². The summed E-state index contributed by atoms with van der Waals surface area (Å²) in [7, 11) is -3.95. The van der Waals surface area contributed by atoms with E-state index in [2.05, 4.69) is 20.7 Å². The number of carboxylic acids is 1. The second-order valence-corrected chi connectivity index (χ2v) is 6.24. The molecule has 0 aromatic heterocycles. The van der Waals surface area contributed by atoms with Crippen molar-refractivity contribution in [2.75, 3.05) is 4.72 Å². The Kier molecular flexibility index (Phi) is 4.32. The van der Waals surface area contributed by atoms with E-state index in [1.165, 1.54) is 25.1 Å². The van der Waals surface area contributed by atoms with Crippen LogP contribution in [0, 0.1) is 11.3 Å². The highest BCUT2D eigenvalue weighted by Crippen LogP contribution is 2.28. The topological polar surface area (TPSA) is 107 Å². The molecule has 0 aliphatic rings. The minimum Gasteiger partial charge on any atom is -0.478 e. The third-order valence-corrected chi connectivity index (χ3v) is 4.32. The van der Waals surface area contributed by atoms with Crippen LogP contribution in [0.1, 0.15) is 17.3 Å². The maximum absolute atomic E-state index is 11.7. The van der Waals surface area contributed by atoms with Gasteiger partial charge in [-0.25, -0.2) is 13.2 Å². The Morgan fingerprint density at radius 2 is 2.17 bits per heavy atom. The van der Waals surface area contributed by atoms with Gasteiger partial charge in [0.15, 0.2) is 5.25 Å². The molecule has 1 atom stereocenters. The smallest absolute Gasteiger partial charge is 0.337 e. The van der Waals surface area contributed by atoms with Gasteiger partial charge in [-0.3, -0.25) is 4.72 Å². The summed E-state index contributed by atoms with van der Waals surface area (Å²) in [5.41, 5.74) is -0.287. The molecule has 8 heteroatoms. The third-order valence-electron chi connectivity index (χ3n) is 2.14. The van der Waals surface area contributed by atoms with Gasteiger partial charge in [0.1, 0.15) is 0 Å². The van der Waals surface area contributed by atoms with Crippen LogP contribution in [-0.4, -0.2) is 24.7 Å². The number of hydrogen-bond acceptors (Lipinski definition) is 4. The molecule has 0 aliphatic carbocycles. The molecule has 2 N–H and O–H groups in total. The second kappa shape index (κ2) is 5.37. The van der Waals surface area contributed by atoms with Crippen molar-refractivity contribution in [2.45, 2.75) is 12.2 Å². The summed E-state index contributed by atoms with van der Waals surface area (Å²) >= 11 is 3.07. The first kappa shape index (κ1) is 14.5. The lowest BCUT2D eigenvalue weighted by Gasteiger charge is -2.13. The summed E-state index contributed by atoms with van der Waals surface area (Å²) in [6.07, 6.45) is 0. The number of rotatable bonds is 4. The number of para-hydroxylation sites is 1. The lowest BCUT2D eigenvalue weighted by molar-refractivity contribution is 0.0698. The maximum atomic E-state index is 11.7. The molecular weight excluding hydrogens is 324 g/mol. The van der Waals surface area contributed by atoms with Gasteiger partial charge in [0, 0.05) is 4.47 Å². The average Bonchev–Trinajstić information content (AvgIpc) is 2.30. The standard InChI is InChI=1S/C10H9BrN2O4S/c1-6(5-12)18(16,17)13-9-7(10(14)15)3-2-4-8(9)11/h2-4,6,13H,1H3,(H,14,15). The van der Waals surface area contributed by atoms with Crippen molar-refractivity contribution in [1.82, 2.24) is 0 Å². The van der Waals surface area contributed by atoms with Gasteiger partial charge in [0.25, 0.3) is 0 Å². The number of halogens is 1. The molecule has 1 aromatic rings. The Labute approximate surface area is 112 Å². The van der Waals surface area contributed by atoms with Gasteiger partial charge in [-0.15, -0.1) is 0 Å². The summed E-state index contributed by atoms with van der Waals surface area (Å²) in [5.74, 6) is -1.27. The zero-order valence-electron chi connectivity index (χ0n) is 9.21. The Balaban J connectivity index is 3.29. The van der Waals surface area contributed by atoms with Crippen LogP contribution in [-0.2, 0) is 10.0 Å². The largest absolute Gasteiger partial charge is 0.478 e. The summed E-state index contributed by atoms with van der Waals surface area (Å²) < 4.78 is 25.8. The molecule has 0 bridgehead atoms. The molecule has 0 spiro atoms. The van der Waals surface area contributed by atoms with Gasteiger partial charge in [0.2, 0.25) is 10.0 Å². The molecule has 6 nitrogen and oxygen atoms in total. The fourth-order valence-corrected chi connectivity index (χ4v) is 2.52. The van der Waals surface area contributed by atoms with Gasteiger partial charge in [0.05, 0.1) is 17.3 Å². The molecular formula is C10H9BrN2O4S. The lowest BCUT2D eigenvalue weighted by Crippen LogP contribution is -2.25. The third kappa shape index (κ3) is 3.00. The first-order valence-corrected chi connectivity index (χ1v) is 7.06. The summed E-state index contributed by atoms with van der Waals surface area (Å²) in [4.78, 5) is 11.0. The summed E-state index contributed by atoms with van der Waals surface area (Å²) in [5, 5.41) is 16.3. The summed E-state index contributed by atoms with van der Waals surface area (Å²) in [6, 6.07) is 5.82. The monoisotopic (exact) mass is 332 g/mol. The fourth-order valence-electron chi connectivity index (χ4n) is 1.11. The molecule has 1 rings (SSSR count). The predicted octanol–water partition coefficient (Wildman–Crippen LogP) is 1.80. The fraction of sp³-hybridized carbons (Fsp3) is 0.200. The number of carbonyl (C=O) groups is 1. The van der Waals surface area contributed by atoms with Crippen molar-refractivity contribution in [1.29, 1.82) is 5.26 Å². The van der Waals surface area contributed by atoms with Crippen molar-refractivity contribution in [3.63, 3.8) is 0 Å². The minimum atomic E-state index is -3.95. The molecule has 0 amide bonds. The van der Waals surface area contributed by atoms with Crippen LogP contribution in [0.15, 0.2) is 22.7 Å². The van der Waals surface area contributed by atoms with E-state index in [4.69, 9.17) is 10.4 Å². The summed E-state index contributed by atoms with van der Waals surface area (Å²) in [6.45, 7) is 1.21. The zero-order chi connectivity index (χ0) is 13.9. The molecule has 18 heavy (non-hydrogen) atoms. The van der Waals surface area contributed by atoms with E-state index >= 15 is 0 Å². The molecule has 0 aliphatic heterocycles. The molecule has 96 valence electrons. The van der Waals surface area contributed by atoms with Crippen LogP contribution in [0.3, 0.4) is 0 Å². The lowest BCUT2D eigenvalue weighted by atomic mass is 10.2. The van der Waals surface area contributed by atoms with Gasteiger partial charge in [-0.2, -0.15) is 5.26 Å². The van der Waals surface area contributed by atoms with E-state index in [1.54, 1.807) is 6.07 Å². The number of nitrogens with one attached hydrogen (secondary N) is 1. The normalized spacial score (nSPS) is 12.5. The number of benzene rings is 1. The molecule has 1 unspecified atom stereocenters. The van der Waals surface area contributed by atoms with Gasteiger partial charge < -0.3 is 5.11 Å². The van der Waals surface area contributed by atoms with Crippen molar-refractivity contribution in [3.8, 4) is 6.07 Å². The number of nitrogens with zero attached hydrogens (tertiary/aromatic N) is 1. The number of sulfonamides is 1. The maximum Gasteiger partial charge on any atom is 0.337 e. The Hall–Kier alpha value is -1.59. The molecule has 0 saturated carbocycles. The molecule has 0 saturated heterocycles. The second-order valence-electron chi connectivity index (χ2n) is 3.39. The SMILES string of the molecule is CC(C#N)S(=O)(=O)Nc1c(Br)cccc1C(=O)O. The highest BCUT2D eigenvalue weighted by atomic mass is 79.9. The van der Waals surface area contributed by atoms with Crippen LogP contribution < -0.4 is 4.72 Å². The van der Waals surface area contributed by atoms with Crippen LogP contribution in [0.2, 0.25) is 0 Å². The number of nitriles is 1. The number of carboxylic acid groups (broad SMARTS) is 1. The first-order valence-electron chi connectivity index (χ1n) is 4.72. The average molecular weight is 333 g/mol. The van der Waals surface area contributed by atoms with Gasteiger partial charge >= 0.3 is 5.97 Å². The molecule has 1 aromatic carbocycles. The number of anilines is 1. The van der Waals surface area contributed by atoms with Crippen LogP contribution in [0.5, 0.6) is 0 Å². The van der Waals surface area contributed by atoms with Crippen LogP contribution in [0.4, 0.5) is 5.69 Å². The number of hydrogen-bond donors (Lipinski definition) is 2. The molecule has 0 heterocycles. The van der Waals surface area contributed by atoms with E-state index in [0.29, 0.717) is 0 Å². The van der Waals surface area contributed by atoms with E-state index in [0.717, 1.165) is 0 Å². The van der Waals surface area contributed by atoms with E-state index in [-0.39, 0.29) is 15.7 Å². The van der Waals surface area contributed by atoms with Gasteiger partial charge in [-0.1, -0.05) is 6.07 Å². The predicted molar refractivity (Wildman–Crippen MR) is 68.7 cm³/mol. The molecule has 0 radical (unpaired) electrons. The van der Waals surface area contributed by atoms with Crippen LogP contribution >= 0.6 is 15.9 Å². The van der Waals surface area contributed by atoms with Crippen molar-refractivity contribution in [2.24, 2.45) is 0 Å². The quantitative estimate of drug-likeness (QED) is 0.874. The van der Waals surface area contributed by atoms with Crippen molar-refractivity contribution in [3.05, 3.63) is 28.2 Å². The first-order chi connectivity index (χ1) is 8.29. The van der Waals surface area contributed by atoms with Crippen molar-refractivity contribution < 1.29 is 18.3 Å². The molecule has 0 fully saturated rings. The van der Waals surface area contributed by atoms with Crippen LogP contribution in [0.25, 0.3) is 0 Å². The van der Waals surface area contributed by atoms with Gasteiger partial charge in [-0.05, 0) is 35.0 Å². The van der Waals surface area contributed by atoms with E-state index < -0.39 is 21.2 Å². The van der Waals surface area contributed by atoms with E-state index in [9.17, 15) is 13.2 Å². The van der Waals surface area contributed by atoms with Crippen molar-refractivity contribution >= 4 is 37.6 Å². The minimum absolute atomic E-state index is 0.0906. The highest BCUT2D eigenvalue weighted by molar-refractivity contribution is 9.10. The Bertz CT molecular complexity index is 621.